The third-order valence-electron chi connectivity index (χ3n) is 5.76. The van der Waals surface area contributed by atoms with Crippen molar-refractivity contribution in [3.8, 4) is 0 Å². The molecule has 3 nitrogen and oxygen atoms in total. The Morgan fingerprint density at radius 2 is 1.71 bits per heavy atom. The number of likely N-dealkylation sites (tertiary alicyclic amines) is 1. The van der Waals surface area contributed by atoms with Gasteiger partial charge in [-0.3, -0.25) is 4.79 Å². The zero-order chi connectivity index (χ0) is 16.6. The molecule has 3 heteroatoms. The highest BCUT2D eigenvalue weighted by Crippen LogP contribution is 2.26. The molecule has 1 saturated carbocycles. The Bertz CT molecular complexity index is 488. The Hall–Kier alpha value is -1.35. The van der Waals surface area contributed by atoms with Crippen molar-refractivity contribution in [2.45, 2.75) is 51.4 Å². The van der Waals surface area contributed by atoms with Crippen LogP contribution in [-0.2, 0) is 11.2 Å². The van der Waals surface area contributed by atoms with Crippen molar-refractivity contribution in [1.82, 2.24) is 10.2 Å². The van der Waals surface area contributed by atoms with Crippen molar-refractivity contribution < 1.29 is 4.79 Å². The fourth-order valence-electron chi connectivity index (χ4n) is 4.23. The van der Waals surface area contributed by atoms with Crippen molar-refractivity contribution >= 4 is 5.91 Å². The van der Waals surface area contributed by atoms with Crippen LogP contribution in [0.15, 0.2) is 30.3 Å². The second-order valence-electron chi connectivity index (χ2n) is 7.61. The van der Waals surface area contributed by atoms with E-state index in [9.17, 15) is 4.79 Å². The van der Waals surface area contributed by atoms with E-state index in [0.29, 0.717) is 0 Å². The zero-order valence-corrected chi connectivity index (χ0v) is 14.9. The van der Waals surface area contributed by atoms with Gasteiger partial charge >= 0.3 is 0 Å². The molecule has 2 fully saturated rings. The minimum Gasteiger partial charge on any atom is -0.356 e. The number of rotatable bonds is 6. The van der Waals surface area contributed by atoms with Crippen LogP contribution in [0.25, 0.3) is 0 Å². The molecule has 3 rings (SSSR count). The number of benzene rings is 1. The summed E-state index contributed by atoms with van der Waals surface area (Å²) in [5, 5.41) is 3.14. The lowest BCUT2D eigenvalue weighted by molar-refractivity contribution is -0.126. The highest BCUT2D eigenvalue weighted by Gasteiger charge is 2.26. The van der Waals surface area contributed by atoms with Gasteiger partial charge in [0.25, 0.3) is 0 Å². The summed E-state index contributed by atoms with van der Waals surface area (Å²) in [7, 11) is 0. The van der Waals surface area contributed by atoms with Gasteiger partial charge in [0.15, 0.2) is 0 Å². The molecule has 0 aromatic heterocycles. The minimum absolute atomic E-state index is 0.225. The molecular weight excluding hydrogens is 296 g/mol. The van der Waals surface area contributed by atoms with E-state index in [0.717, 1.165) is 44.8 Å². The number of carbonyl (C=O) groups excluding carboxylic acids is 1. The molecule has 0 atom stereocenters. The van der Waals surface area contributed by atoms with Crippen molar-refractivity contribution in [2.75, 3.05) is 26.2 Å². The van der Waals surface area contributed by atoms with Gasteiger partial charge in [-0.15, -0.1) is 0 Å². The van der Waals surface area contributed by atoms with E-state index in [1.807, 2.05) is 6.07 Å². The molecule has 1 aromatic rings. The first-order valence-corrected chi connectivity index (χ1v) is 9.85. The lowest BCUT2D eigenvalue weighted by atomic mass is 9.88. The summed E-state index contributed by atoms with van der Waals surface area (Å²) in [5.41, 5.74) is 1.29. The summed E-state index contributed by atoms with van der Waals surface area (Å²) in [6.07, 6.45) is 10.1. The van der Waals surface area contributed by atoms with Crippen LogP contribution in [-0.4, -0.2) is 37.0 Å². The van der Waals surface area contributed by atoms with E-state index >= 15 is 0 Å². The molecule has 132 valence electrons. The molecule has 1 aromatic carbocycles. The molecule has 1 amide bonds. The Morgan fingerprint density at radius 3 is 2.42 bits per heavy atom. The van der Waals surface area contributed by atoms with E-state index in [1.165, 1.54) is 44.2 Å². The van der Waals surface area contributed by atoms with Crippen LogP contribution in [0.2, 0.25) is 0 Å². The summed E-state index contributed by atoms with van der Waals surface area (Å²) >= 11 is 0. The number of nitrogens with zero attached hydrogens (tertiary/aromatic N) is 1. The largest absolute Gasteiger partial charge is 0.356 e. The van der Waals surface area contributed by atoms with Crippen molar-refractivity contribution in [2.24, 2.45) is 11.8 Å². The summed E-state index contributed by atoms with van der Waals surface area (Å²) in [4.78, 5) is 15.0. The molecule has 0 unspecified atom stereocenters. The molecule has 2 aliphatic rings. The lowest BCUT2D eigenvalue weighted by Crippen LogP contribution is -2.42. The number of nitrogens with one attached hydrogen (secondary N) is 1. The molecule has 0 bridgehead atoms. The average molecular weight is 329 g/mol. The van der Waals surface area contributed by atoms with Gasteiger partial charge in [0.05, 0.1) is 0 Å². The first-order valence-electron chi connectivity index (χ1n) is 9.85. The predicted molar refractivity (Wildman–Crippen MR) is 98.9 cm³/mol. The van der Waals surface area contributed by atoms with Crippen molar-refractivity contribution in [3.63, 3.8) is 0 Å². The quantitative estimate of drug-likeness (QED) is 0.865. The number of hydrogen-bond acceptors (Lipinski definition) is 2. The highest BCUT2D eigenvalue weighted by molar-refractivity contribution is 5.78. The molecule has 0 radical (unpaired) electrons. The molecule has 1 aliphatic heterocycles. The van der Waals surface area contributed by atoms with Crippen LogP contribution in [0.3, 0.4) is 0 Å². The first-order chi connectivity index (χ1) is 11.8. The SMILES string of the molecule is O=C(NCCc1ccccc1)C1CCN(CC2CCCCC2)CC1. The predicted octanol–water partition coefficient (Wildman–Crippen LogP) is 3.64. The number of amides is 1. The number of piperidine rings is 1. The Labute approximate surface area is 146 Å². The Morgan fingerprint density at radius 1 is 1.00 bits per heavy atom. The Balaban J connectivity index is 1.32. The first kappa shape index (κ1) is 17.5. The summed E-state index contributed by atoms with van der Waals surface area (Å²) in [5.74, 6) is 1.40. The van der Waals surface area contributed by atoms with E-state index < -0.39 is 0 Å². The molecule has 1 saturated heterocycles. The molecular formula is C21H32N2O. The standard InChI is InChI=1S/C21H32N2O/c24-21(22-14-11-18-7-3-1-4-8-18)20-12-15-23(16-13-20)17-19-9-5-2-6-10-19/h1,3-4,7-8,19-20H,2,5-6,9-17H2,(H,22,24). The van der Waals surface area contributed by atoms with Crippen LogP contribution in [0.4, 0.5) is 0 Å². The van der Waals surface area contributed by atoms with Gasteiger partial charge < -0.3 is 10.2 Å². The normalized spacial score (nSPS) is 20.8. The van der Waals surface area contributed by atoms with Crippen LogP contribution in [0, 0.1) is 11.8 Å². The number of carbonyl (C=O) groups is 1. The topological polar surface area (TPSA) is 32.3 Å². The van der Waals surface area contributed by atoms with Gasteiger partial charge in [-0.1, -0.05) is 49.6 Å². The monoisotopic (exact) mass is 328 g/mol. The molecule has 1 heterocycles. The molecule has 1 N–H and O–H groups in total. The van der Waals surface area contributed by atoms with Crippen LogP contribution in [0.5, 0.6) is 0 Å². The fraction of sp³-hybridized carbons (Fsp3) is 0.667. The van der Waals surface area contributed by atoms with Gasteiger partial charge in [-0.25, -0.2) is 0 Å². The molecule has 0 spiro atoms. The third kappa shape index (κ3) is 5.34. The molecule has 1 aliphatic carbocycles. The van der Waals surface area contributed by atoms with E-state index in [4.69, 9.17) is 0 Å². The highest BCUT2D eigenvalue weighted by atomic mass is 16.1. The maximum Gasteiger partial charge on any atom is 0.223 e. The van der Waals surface area contributed by atoms with Gasteiger partial charge in [-0.2, -0.15) is 0 Å². The second-order valence-corrected chi connectivity index (χ2v) is 7.61. The van der Waals surface area contributed by atoms with Gasteiger partial charge in [0.1, 0.15) is 0 Å². The summed E-state index contributed by atoms with van der Waals surface area (Å²) in [6.45, 7) is 4.23. The summed E-state index contributed by atoms with van der Waals surface area (Å²) < 4.78 is 0. The van der Waals surface area contributed by atoms with Gasteiger partial charge in [-0.05, 0) is 56.7 Å². The van der Waals surface area contributed by atoms with Gasteiger partial charge in [0, 0.05) is 19.0 Å². The fourth-order valence-corrected chi connectivity index (χ4v) is 4.23. The maximum absolute atomic E-state index is 12.4. The average Bonchev–Trinajstić information content (AvgIpc) is 2.64. The van der Waals surface area contributed by atoms with E-state index in [2.05, 4.69) is 34.5 Å². The zero-order valence-electron chi connectivity index (χ0n) is 14.9. The lowest BCUT2D eigenvalue weighted by Gasteiger charge is -2.34. The van der Waals surface area contributed by atoms with Crippen molar-refractivity contribution in [1.29, 1.82) is 0 Å². The maximum atomic E-state index is 12.4. The minimum atomic E-state index is 0.225. The third-order valence-corrected chi connectivity index (χ3v) is 5.76. The van der Waals surface area contributed by atoms with Crippen molar-refractivity contribution in [3.05, 3.63) is 35.9 Å². The van der Waals surface area contributed by atoms with Crippen LogP contribution < -0.4 is 5.32 Å². The van der Waals surface area contributed by atoms with Gasteiger partial charge in [0.2, 0.25) is 5.91 Å². The van der Waals surface area contributed by atoms with E-state index in [-0.39, 0.29) is 11.8 Å². The van der Waals surface area contributed by atoms with E-state index in [1.54, 1.807) is 0 Å². The smallest absolute Gasteiger partial charge is 0.223 e. The second kappa shape index (κ2) is 9.22. The van der Waals surface area contributed by atoms with Crippen LogP contribution in [0.1, 0.15) is 50.5 Å². The molecule has 24 heavy (non-hydrogen) atoms. The Kier molecular flexibility index (Phi) is 6.71. The number of hydrogen-bond donors (Lipinski definition) is 1. The summed E-state index contributed by atoms with van der Waals surface area (Å²) in [6, 6.07) is 10.4. The van der Waals surface area contributed by atoms with Crippen LogP contribution >= 0.6 is 0 Å².